The van der Waals surface area contributed by atoms with Gasteiger partial charge in [0, 0.05) is 102 Å². The Hall–Kier alpha value is -10.8. The first-order valence-corrected chi connectivity index (χ1v) is 39.1. The lowest BCUT2D eigenvalue weighted by molar-refractivity contribution is -0.148. The maximum absolute atomic E-state index is 14.4. The number of hydrogen-bond donors (Lipinski definition) is 1. The average molecular weight is 1530 g/mol. The van der Waals surface area contributed by atoms with Crippen molar-refractivity contribution in [1.82, 2.24) is 28.7 Å². The van der Waals surface area contributed by atoms with Crippen molar-refractivity contribution in [3.05, 3.63) is 279 Å². The van der Waals surface area contributed by atoms with Crippen molar-refractivity contribution in [2.24, 2.45) is 0 Å². The third-order valence-electron chi connectivity index (χ3n) is 21.3. The normalized spacial score (nSPS) is 20.5. The number of ether oxygens (including phenoxy) is 4. The number of carbonyl (C=O) groups is 5. The van der Waals surface area contributed by atoms with Crippen molar-refractivity contribution in [2.75, 3.05) is 48.2 Å². The predicted octanol–water partition coefficient (Wildman–Crippen LogP) is 12.4. The minimum atomic E-state index is -0.579. The molecular weight excluding hydrogens is 1460 g/mol. The summed E-state index contributed by atoms with van der Waals surface area (Å²) in [6.45, 7) is 3.14. The van der Waals surface area contributed by atoms with Crippen LogP contribution >= 0.6 is 35.3 Å². The Labute approximate surface area is 636 Å². The molecule has 3 saturated heterocycles. The number of rotatable bonds is 9. The zero-order valence-electron chi connectivity index (χ0n) is 59.3. The maximum Gasteiger partial charge on any atom is 0.305 e. The molecule has 18 rings (SSSR count). The van der Waals surface area contributed by atoms with Gasteiger partial charge in [-0.25, -0.2) is 13.2 Å². The Morgan fingerprint density at radius 3 is 1.08 bits per heavy atom. The molecule has 0 saturated carbocycles. The monoisotopic (exact) mass is 1530 g/mol. The van der Waals surface area contributed by atoms with E-state index < -0.39 is 47.6 Å². The molecule has 6 aromatic carbocycles. The van der Waals surface area contributed by atoms with Crippen LogP contribution in [0.3, 0.4) is 0 Å². The molecule has 6 atom stereocenters. The van der Waals surface area contributed by atoms with E-state index in [1.54, 1.807) is 101 Å². The summed E-state index contributed by atoms with van der Waals surface area (Å²) in [7, 11) is 0. The second-order valence-electron chi connectivity index (χ2n) is 27.7. The number of piperidine rings is 3. The van der Waals surface area contributed by atoms with Gasteiger partial charge in [0.05, 0.1) is 18.1 Å². The Balaban J connectivity index is 0.000000125. The highest BCUT2D eigenvalue weighted by Crippen LogP contribution is 2.50. The molecule has 28 heteroatoms. The molecule has 0 radical (unpaired) electrons. The van der Waals surface area contributed by atoms with Crippen molar-refractivity contribution in [3.8, 4) is 17.2 Å². The lowest BCUT2D eigenvalue weighted by Crippen LogP contribution is -2.63. The summed E-state index contributed by atoms with van der Waals surface area (Å²) in [5.74, 6) is -1.97. The van der Waals surface area contributed by atoms with E-state index in [-0.39, 0.29) is 100 Å². The summed E-state index contributed by atoms with van der Waals surface area (Å²) in [5, 5.41) is 17.0. The molecule has 3 amide bonds. The van der Waals surface area contributed by atoms with Gasteiger partial charge in [-0.05, 0) is 162 Å². The van der Waals surface area contributed by atoms with E-state index in [0.29, 0.717) is 36.9 Å². The number of hydrogen-bond acceptors (Lipinski definition) is 19. The zero-order valence-corrected chi connectivity index (χ0v) is 61.8. The van der Waals surface area contributed by atoms with Crippen LogP contribution in [-0.2, 0) is 36.3 Å². The standard InChI is InChI=1S/2C28H26FN3O5S.C25H22FN3O3S/c2*1-17(33)36-16-37-27-22(34)11-13-31-26(27)28(35)30-12-5-4-8-24(30)32(31)25-20-10-9-19(29)14-18(20)15-38-23-7-3-2-6-21(23)25;26-16-8-9-17-15(13-16)14-33-20-6-2-1-5-18(20)22(17)29-21-7-3-4-11-27(21)25(32)23-24(31)19(30)10-12-28(23)29/h2*2-3,6-7,9-11,13-14,24-25H,4-5,8,12,15-16H2,1H3;1-2,5-6,8-10,12-13,21-22,31H,3-4,7,11,14H2/t2*24-,25+;21-,22+/m111/s1. The van der Waals surface area contributed by atoms with E-state index in [1.807, 2.05) is 54.6 Å². The number of aromatic hydroxyl groups is 1. The molecule has 3 fully saturated rings. The van der Waals surface area contributed by atoms with Crippen molar-refractivity contribution in [3.63, 3.8) is 0 Å². The van der Waals surface area contributed by atoms with Gasteiger partial charge in [-0.1, -0.05) is 72.8 Å². The molecule has 22 nitrogen and oxygen atoms in total. The van der Waals surface area contributed by atoms with Gasteiger partial charge in [0.2, 0.25) is 41.4 Å². The lowest BCUT2D eigenvalue weighted by atomic mass is 9.92. The Morgan fingerprint density at radius 2 is 0.734 bits per heavy atom. The first kappa shape index (κ1) is 72.4. The Kier molecular flexibility index (Phi) is 20.1. The number of pyridine rings is 3. The van der Waals surface area contributed by atoms with E-state index >= 15 is 0 Å². The van der Waals surface area contributed by atoms with Crippen LogP contribution in [0.15, 0.2) is 193 Å². The maximum atomic E-state index is 14.4. The molecule has 109 heavy (non-hydrogen) atoms. The van der Waals surface area contributed by atoms with Gasteiger partial charge < -0.3 is 38.8 Å². The number of nitrogens with zero attached hydrogens (tertiary/aromatic N) is 9. The fraction of sp³-hybridized carbons (Fsp3) is 0.309. The molecule has 9 aliphatic rings. The van der Waals surface area contributed by atoms with E-state index in [4.69, 9.17) is 18.9 Å². The highest BCUT2D eigenvalue weighted by atomic mass is 32.2. The number of fused-ring (bicyclic) bond motifs is 12. The Morgan fingerprint density at radius 1 is 0.413 bits per heavy atom. The van der Waals surface area contributed by atoms with Crippen LogP contribution < -0.4 is 40.8 Å². The first-order valence-electron chi connectivity index (χ1n) is 36.2. The second kappa shape index (κ2) is 30.3. The van der Waals surface area contributed by atoms with Crippen LogP contribution in [0.25, 0.3) is 0 Å². The zero-order chi connectivity index (χ0) is 75.5. The highest BCUT2D eigenvalue weighted by molar-refractivity contribution is 7.99. The fourth-order valence-electron chi connectivity index (χ4n) is 16.6. The first-order chi connectivity index (χ1) is 52.9. The summed E-state index contributed by atoms with van der Waals surface area (Å²) in [6.07, 6.45) is 11.6. The summed E-state index contributed by atoms with van der Waals surface area (Å²) in [6, 6.07) is 41.8. The molecule has 1 N–H and O–H groups in total. The van der Waals surface area contributed by atoms with Crippen molar-refractivity contribution in [2.45, 2.75) is 140 Å². The lowest BCUT2D eigenvalue weighted by Gasteiger charge is -2.52. The third-order valence-corrected chi connectivity index (χ3v) is 24.7. The van der Waals surface area contributed by atoms with Crippen LogP contribution in [0.1, 0.15) is 171 Å². The van der Waals surface area contributed by atoms with E-state index in [1.165, 1.54) is 50.2 Å². The van der Waals surface area contributed by atoms with Crippen LogP contribution in [-0.4, -0.2) is 115 Å². The number of thioether (sulfide) groups is 3. The smallest absolute Gasteiger partial charge is 0.305 e. The summed E-state index contributed by atoms with van der Waals surface area (Å²) >= 11 is 4.97. The number of halogens is 3. The van der Waals surface area contributed by atoms with E-state index in [9.17, 15) is 56.6 Å². The van der Waals surface area contributed by atoms with Crippen LogP contribution in [0.5, 0.6) is 17.2 Å². The molecule has 0 bridgehead atoms. The van der Waals surface area contributed by atoms with Gasteiger partial charge >= 0.3 is 11.9 Å². The van der Waals surface area contributed by atoms with Crippen LogP contribution in [0, 0.1) is 17.5 Å². The molecule has 9 aliphatic heterocycles. The minimum absolute atomic E-state index is 0.0151. The van der Waals surface area contributed by atoms with E-state index in [0.717, 1.165) is 123 Å². The van der Waals surface area contributed by atoms with Crippen LogP contribution in [0.4, 0.5) is 13.2 Å². The average Bonchev–Trinajstić information content (AvgIpc) is 1.63. The van der Waals surface area contributed by atoms with Gasteiger partial charge in [0.15, 0.2) is 22.8 Å². The number of carbonyl (C=O) groups excluding carboxylic acids is 5. The van der Waals surface area contributed by atoms with E-state index in [2.05, 4.69) is 51.4 Å². The second-order valence-corrected chi connectivity index (χ2v) is 30.8. The quantitative estimate of drug-likeness (QED) is 0.105. The van der Waals surface area contributed by atoms with Crippen molar-refractivity contribution < 1.29 is 61.2 Å². The minimum Gasteiger partial charge on any atom is -0.502 e. The number of amides is 3. The summed E-state index contributed by atoms with van der Waals surface area (Å²) in [5.41, 5.74) is 7.23. The van der Waals surface area contributed by atoms with Gasteiger partial charge in [0.1, 0.15) is 35.9 Å². The van der Waals surface area contributed by atoms with Crippen molar-refractivity contribution >= 4 is 64.9 Å². The van der Waals surface area contributed by atoms with Gasteiger partial charge in [-0.3, -0.25) is 67.4 Å². The van der Waals surface area contributed by atoms with Crippen molar-refractivity contribution in [1.29, 1.82) is 0 Å². The summed E-state index contributed by atoms with van der Waals surface area (Å²) < 4.78 is 69.1. The van der Waals surface area contributed by atoms with Gasteiger partial charge in [-0.15, -0.1) is 35.3 Å². The number of aromatic nitrogens is 3. The fourth-order valence-corrected chi connectivity index (χ4v) is 19.8. The SMILES string of the molecule is CC(=O)OCOc1c2n(ccc1=O)N([C@H]1c3ccc(F)cc3CSc3ccccc31)[C@@H]1CCCCN1C2=O.CC(=O)OCOc1c2n(ccc1=O)N([C@H]1c3ccc(F)cc3CSc3ccccc31)[C@@H]1CCCCN1C2=O.O=C1c2c(O)c(=O)ccn2N([C@H]2c3ccc(F)cc3CSc3ccccc32)[C@@H]2CCCCN12. The largest absolute Gasteiger partial charge is 0.502 e. The van der Waals surface area contributed by atoms with Gasteiger partial charge in [0.25, 0.3) is 17.7 Å². The predicted molar refractivity (Wildman–Crippen MR) is 402 cm³/mol. The molecule has 3 aromatic heterocycles. The number of esters is 2. The number of benzene rings is 6. The van der Waals surface area contributed by atoms with Gasteiger partial charge in [-0.2, -0.15) is 0 Å². The summed E-state index contributed by atoms with van der Waals surface area (Å²) in [4.78, 5) is 110. The van der Waals surface area contributed by atoms with Crippen LogP contribution in [0.2, 0.25) is 0 Å². The molecular formula is C81H74F3N9O13S3. The third kappa shape index (κ3) is 13.4. The molecule has 0 unspecified atom stereocenters. The Bertz CT molecular complexity index is 5130. The molecule has 560 valence electrons. The molecule has 9 aromatic rings. The molecule has 12 heterocycles. The highest BCUT2D eigenvalue weighted by Gasteiger charge is 2.50. The molecule has 0 spiro atoms. The molecule has 0 aliphatic carbocycles. The topological polar surface area (TPSA) is 228 Å².